The van der Waals surface area contributed by atoms with Crippen LogP contribution in [-0.2, 0) is 0 Å². The number of H-pyrrole nitrogens is 1. The molecule has 0 aromatic carbocycles. The van der Waals surface area contributed by atoms with Gasteiger partial charge < -0.3 is 15.6 Å². The first-order valence-corrected chi connectivity index (χ1v) is 4.49. The van der Waals surface area contributed by atoms with Gasteiger partial charge in [-0.2, -0.15) is 0 Å². The summed E-state index contributed by atoms with van der Waals surface area (Å²) in [6, 6.07) is 1.80. The minimum Gasteiger partial charge on any atom is -0.361 e. The van der Waals surface area contributed by atoms with Crippen LogP contribution in [0.5, 0.6) is 0 Å². The van der Waals surface area contributed by atoms with Crippen molar-refractivity contribution in [3.8, 4) is 0 Å². The molecule has 2 aliphatic rings. The average molecular weight is 187 g/mol. The van der Waals surface area contributed by atoms with Crippen LogP contribution < -0.4 is 21.2 Å². The number of aromatic amines is 1. The zero-order valence-corrected chi connectivity index (χ0v) is 7.42. The lowest BCUT2D eigenvalue weighted by Gasteiger charge is -2.19. The molecule has 2 heterocycles. The second-order valence-corrected chi connectivity index (χ2v) is 3.36. The number of hydrogen-bond acceptors (Lipinski definition) is 1. The number of fused-ring (bicyclic) bond motifs is 2. The molecule has 0 radical (unpaired) electrons. The molecule has 1 aromatic rings. The maximum atomic E-state index is 11.1. The third kappa shape index (κ3) is 0.907. The van der Waals surface area contributed by atoms with Gasteiger partial charge in [-0.15, -0.1) is 0 Å². The van der Waals surface area contributed by atoms with Crippen molar-refractivity contribution < 1.29 is 4.79 Å². The Morgan fingerprint density at radius 1 is 1.36 bits per heavy atom. The molecule has 4 heteroatoms. The van der Waals surface area contributed by atoms with Crippen LogP contribution in [0.4, 0.5) is 4.79 Å². The third-order valence-electron chi connectivity index (χ3n) is 2.51. The number of rotatable bonds is 0. The number of carbonyl (C=O) groups excluding carboxylic acids is 1. The summed E-state index contributed by atoms with van der Waals surface area (Å²) in [5.41, 5.74) is 2.05. The molecular formula is C10H9N3O. The maximum Gasteiger partial charge on any atom is 0.323 e. The Kier molecular flexibility index (Phi) is 1.33. The Hall–Kier alpha value is -1.97. The van der Waals surface area contributed by atoms with Gasteiger partial charge in [0.25, 0.3) is 0 Å². The van der Waals surface area contributed by atoms with Crippen molar-refractivity contribution in [2.24, 2.45) is 0 Å². The average Bonchev–Trinajstić information content (AvgIpc) is 2.65. The van der Waals surface area contributed by atoms with E-state index >= 15 is 0 Å². The summed E-state index contributed by atoms with van der Waals surface area (Å²) in [6.07, 6.45) is 6.60. The van der Waals surface area contributed by atoms with Crippen LogP contribution >= 0.6 is 0 Å². The lowest BCUT2D eigenvalue weighted by molar-refractivity contribution is 0.247. The van der Waals surface area contributed by atoms with Crippen LogP contribution in [0.3, 0.4) is 0 Å². The molecule has 0 fully saturated rings. The van der Waals surface area contributed by atoms with Gasteiger partial charge in [0.05, 0.1) is 5.70 Å². The topological polar surface area (TPSA) is 56.9 Å². The molecule has 0 saturated heterocycles. The van der Waals surface area contributed by atoms with Gasteiger partial charge in [-0.3, -0.25) is 0 Å². The maximum absolute atomic E-state index is 11.1. The summed E-state index contributed by atoms with van der Waals surface area (Å²) in [5.74, 6) is 0. The molecule has 70 valence electrons. The molecule has 3 N–H and O–H groups in total. The smallest absolute Gasteiger partial charge is 0.323 e. The molecule has 4 nitrogen and oxygen atoms in total. The molecule has 2 amide bonds. The number of aromatic nitrogens is 1. The van der Waals surface area contributed by atoms with Crippen molar-refractivity contribution in [2.45, 2.75) is 6.42 Å². The quantitative estimate of drug-likeness (QED) is 0.504. The van der Waals surface area contributed by atoms with Gasteiger partial charge in [0.2, 0.25) is 0 Å². The number of hydrogen-bond donors (Lipinski definition) is 3. The second-order valence-electron chi connectivity index (χ2n) is 3.36. The highest BCUT2D eigenvalue weighted by Crippen LogP contribution is 2.15. The van der Waals surface area contributed by atoms with E-state index < -0.39 is 0 Å². The molecule has 0 atom stereocenters. The first-order chi connectivity index (χ1) is 6.84. The fourth-order valence-electron chi connectivity index (χ4n) is 1.84. The van der Waals surface area contributed by atoms with Crippen LogP contribution in [-0.4, -0.2) is 11.0 Å². The summed E-state index contributed by atoms with van der Waals surface area (Å²) in [6.45, 7) is 0. The lowest BCUT2D eigenvalue weighted by Crippen LogP contribution is -2.43. The van der Waals surface area contributed by atoms with Crippen LogP contribution in [0.2, 0.25) is 0 Å². The molecule has 1 aliphatic carbocycles. The number of carbonyl (C=O) groups is 1. The third-order valence-corrected chi connectivity index (χ3v) is 2.51. The number of nitrogens with one attached hydrogen (secondary N) is 3. The number of urea groups is 1. The van der Waals surface area contributed by atoms with Gasteiger partial charge in [0.1, 0.15) is 0 Å². The van der Waals surface area contributed by atoms with Crippen molar-refractivity contribution in [3.05, 3.63) is 34.6 Å². The summed E-state index contributed by atoms with van der Waals surface area (Å²) in [5, 5.41) is 7.61. The van der Waals surface area contributed by atoms with Crippen molar-refractivity contribution in [1.82, 2.24) is 15.6 Å². The van der Waals surface area contributed by atoms with Gasteiger partial charge in [0, 0.05) is 23.0 Å². The normalized spacial score (nSPS) is 18.4. The molecule has 14 heavy (non-hydrogen) atoms. The van der Waals surface area contributed by atoms with E-state index in [9.17, 15) is 4.79 Å². The summed E-state index contributed by atoms with van der Waals surface area (Å²) < 4.78 is 0. The predicted molar refractivity (Wildman–Crippen MR) is 52.3 cm³/mol. The van der Waals surface area contributed by atoms with Gasteiger partial charge >= 0.3 is 6.03 Å². The van der Waals surface area contributed by atoms with E-state index in [-0.39, 0.29) is 6.03 Å². The Balaban J connectivity index is 2.37. The zero-order valence-electron chi connectivity index (χ0n) is 7.42. The molecule has 1 aliphatic heterocycles. The van der Waals surface area contributed by atoms with Crippen LogP contribution in [0.15, 0.2) is 24.0 Å². The van der Waals surface area contributed by atoms with Gasteiger partial charge in [-0.1, -0.05) is 6.08 Å². The molecule has 1 aromatic heterocycles. The van der Waals surface area contributed by atoms with Crippen LogP contribution in [0.25, 0.3) is 11.8 Å². The van der Waals surface area contributed by atoms with Crippen LogP contribution in [0, 0.1) is 0 Å². The van der Waals surface area contributed by atoms with E-state index in [2.05, 4.69) is 21.7 Å². The molecule has 3 rings (SSSR count). The monoisotopic (exact) mass is 187 g/mol. The largest absolute Gasteiger partial charge is 0.361 e. The van der Waals surface area contributed by atoms with E-state index in [1.165, 1.54) is 0 Å². The number of amides is 2. The van der Waals surface area contributed by atoms with E-state index in [1.807, 2.05) is 12.3 Å². The van der Waals surface area contributed by atoms with Crippen molar-refractivity contribution in [2.75, 3.05) is 0 Å². The van der Waals surface area contributed by atoms with Gasteiger partial charge in [0.15, 0.2) is 0 Å². The molecule has 0 unspecified atom stereocenters. The van der Waals surface area contributed by atoms with E-state index in [4.69, 9.17) is 0 Å². The van der Waals surface area contributed by atoms with Gasteiger partial charge in [-0.25, -0.2) is 4.79 Å². The predicted octanol–water partition coefficient (Wildman–Crippen LogP) is -0.496. The summed E-state index contributed by atoms with van der Waals surface area (Å²) >= 11 is 0. The van der Waals surface area contributed by atoms with E-state index in [0.717, 1.165) is 28.3 Å². The molecule has 0 bridgehead atoms. The lowest BCUT2D eigenvalue weighted by atomic mass is 10.0. The first-order valence-electron chi connectivity index (χ1n) is 4.49. The highest BCUT2D eigenvalue weighted by atomic mass is 16.2. The summed E-state index contributed by atoms with van der Waals surface area (Å²) in [7, 11) is 0. The Morgan fingerprint density at radius 3 is 3.21 bits per heavy atom. The Labute approximate surface area is 80.0 Å². The molecule has 0 spiro atoms. The second kappa shape index (κ2) is 2.51. The highest BCUT2D eigenvalue weighted by molar-refractivity contribution is 5.89. The first kappa shape index (κ1) is 7.44. The van der Waals surface area contributed by atoms with E-state index in [1.54, 1.807) is 6.20 Å². The zero-order chi connectivity index (χ0) is 9.54. The van der Waals surface area contributed by atoms with Crippen molar-refractivity contribution in [1.29, 1.82) is 0 Å². The van der Waals surface area contributed by atoms with E-state index in [0.29, 0.717) is 0 Å². The highest BCUT2D eigenvalue weighted by Gasteiger charge is 2.17. The van der Waals surface area contributed by atoms with Crippen molar-refractivity contribution >= 4 is 17.8 Å². The fraction of sp³-hybridized carbons (Fsp3) is 0.100. The SMILES string of the molecule is O=C1NC=C2CC=c3[nH]ccc3=C2N1. The van der Waals surface area contributed by atoms with Crippen molar-refractivity contribution in [3.63, 3.8) is 0 Å². The fourth-order valence-corrected chi connectivity index (χ4v) is 1.84. The standard InChI is InChI=1S/C10H9N3O/c14-10-12-5-6-1-2-8-7(3-4-11-8)9(6)13-10/h2-5,11H,1H2,(H2,12,13,14). The van der Waals surface area contributed by atoms with Gasteiger partial charge in [-0.05, 0) is 18.1 Å². The Morgan fingerprint density at radius 2 is 2.29 bits per heavy atom. The summed E-state index contributed by atoms with van der Waals surface area (Å²) in [4.78, 5) is 14.3. The van der Waals surface area contributed by atoms with Crippen LogP contribution in [0.1, 0.15) is 6.42 Å². The molecular weight excluding hydrogens is 178 g/mol. The Bertz CT molecular complexity index is 550. The minimum absolute atomic E-state index is 0.169. The molecule has 0 saturated carbocycles. The minimum atomic E-state index is -0.169.